The summed E-state index contributed by atoms with van der Waals surface area (Å²) < 4.78 is 0. The molecule has 3 aliphatic rings. The zero-order valence-electron chi connectivity index (χ0n) is 19.9. The van der Waals surface area contributed by atoms with E-state index in [1.54, 1.807) is 0 Å². The van der Waals surface area contributed by atoms with E-state index in [1.165, 1.54) is 12.8 Å². The largest absolute Gasteiger partial charge is 0.341 e. The summed E-state index contributed by atoms with van der Waals surface area (Å²) in [5.74, 6) is 1.84. The van der Waals surface area contributed by atoms with Crippen LogP contribution in [0.25, 0.3) is 0 Å². The Morgan fingerprint density at radius 2 is 1.94 bits per heavy atom. The lowest BCUT2D eigenvalue weighted by molar-refractivity contribution is -0.140. The second-order valence-corrected chi connectivity index (χ2v) is 11.7. The minimum absolute atomic E-state index is 0.129. The van der Waals surface area contributed by atoms with Crippen LogP contribution in [0.1, 0.15) is 79.1 Å². The molecule has 1 aliphatic carbocycles. The van der Waals surface area contributed by atoms with Gasteiger partial charge in [0.25, 0.3) is 0 Å². The molecule has 6 heteroatoms. The highest BCUT2D eigenvalue weighted by Crippen LogP contribution is 2.45. The van der Waals surface area contributed by atoms with Crippen LogP contribution < -0.4 is 5.32 Å². The van der Waals surface area contributed by atoms with Gasteiger partial charge in [-0.05, 0) is 74.5 Å². The Labute approximate surface area is 193 Å². The predicted molar refractivity (Wildman–Crippen MR) is 128 cm³/mol. The van der Waals surface area contributed by atoms with Crippen LogP contribution in [0.4, 0.5) is 0 Å². The molecule has 1 amide bonds. The summed E-state index contributed by atoms with van der Waals surface area (Å²) in [4.78, 5) is 31.2. The van der Waals surface area contributed by atoms with E-state index in [2.05, 4.69) is 42.9 Å². The number of carbonyl (C=O) groups excluding carboxylic acids is 2. The van der Waals surface area contributed by atoms with Gasteiger partial charge in [-0.15, -0.1) is 11.6 Å². The third-order valence-corrected chi connectivity index (χ3v) is 8.26. The Balaban J connectivity index is 1.59. The quantitative estimate of drug-likeness (QED) is 0.459. The summed E-state index contributed by atoms with van der Waals surface area (Å²) in [6.07, 6.45) is 9.52. The molecule has 2 heterocycles. The summed E-state index contributed by atoms with van der Waals surface area (Å²) in [5, 5.41) is 3.84. The van der Waals surface area contributed by atoms with E-state index < -0.39 is 0 Å². The van der Waals surface area contributed by atoms with Crippen molar-refractivity contribution in [2.24, 2.45) is 28.2 Å². The Morgan fingerprint density at radius 1 is 1.23 bits per heavy atom. The molecule has 3 rings (SSSR count). The molecular weight excluding hydrogens is 410 g/mol. The van der Waals surface area contributed by atoms with Gasteiger partial charge in [0.05, 0.1) is 6.04 Å². The molecule has 1 N–H and O–H groups in total. The number of rotatable bonds is 7. The van der Waals surface area contributed by atoms with E-state index in [0.29, 0.717) is 17.8 Å². The Bertz CT molecular complexity index is 655. The van der Waals surface area contributed by atoms with Crippen molar-refractivity contribution >= 4 is 29.5 Å². The lowest BCUT2D eigenvalue weighted by atomic mass is 9.64. The number of hydrogen-bond donors (Lipinski definition) is 1. The van der Waals surface area contributed by atoms with Gasteiger partial charge in [-0.2, -0.15) is 0 Å². The number of carbonyl (C=O) groups is 2. The van der Waals surface area contributed by atoms with E-state index in [0.717, 1.165) is 69.5 Å². The van der Waals surface area contributed by atoms with Crippen molar-refractivity contribution in [1.29, 1.82) is 0 Å². The van der Waals surface area contributed by atoms with Gasteiger partial charge in [-0.25, -0.2) is 0 Å². The fourth-order valence-corrected chi connectivity index (χ4v) is 6.31. The highest BCUT2D eigenvalue weighted by Gasteiger charge is 2.43. The number of nitrogens with zero attached hydrogens (tertiary/aromatic N) is 2. The van der Waals surface area contributed by atoms with E-state index in [9.17, 15) is 9.59 Å². The van der Waals surface area contributed by atoms with Gasteiger partial charge in [0, 0.05) is 30.7 Å². The molecule has 176 valence electrons. The van der Waals surface area contributed by atoms with Gasteiger partial charge in [-0.3, -0.25) is 9.79 Å². The average Bonchev–Trinajstić information content (AvgIpc) is 2.74. The lowest BCUT2D eigenvalue weighted by Gasteiger charge is -2.49. The van der Waals surface area contributed by atoms with Gasteiger partial charge in [0.15, 0.2) is 0 Å². The molecule has 0 aromatic heterocycles. The second kappa shape index (κ2) is 10.8. The number of alkyl halides is 1. The van der Waals surface area contributed by atoms with Crippen molar-refractivity contribution in [1.82, 2.24) is 10.2 Å². The molecule has 1 saturated heterocycles. The maximum absolute atomic E-state index is 13.5. The standard InChI is InChI=1S/C25H42ClN3O2/c1-17(2)23(27-14-20-6-5-7-21(15-30)28-20)24(31)29-13-12-22(25(3,4)16-29)18-8-10-19(26)11-9-18/h15,17-19,21-23,27H,5-14,16H2,1-4H3/t18?,19?,21?,22?,23-/m1/s1. The number of aldehydes is 1. The molecule has 2 aliphatic heterocycles. The number of aliphatic imine (C=N–C) groups is 1. The first-order valence-corrected chi connectivity index (χ1v) is 12.8. The molecule has 0 bridgehead atoms. The molecule has 1 saturated carbocycles. The van der Waals surface area contributed by atoms with E-state index in [1.807, 2.05) is 0 Å². The molecule has 31 heavy (non-hydrogen) atoms. The van der Waals surface area contributed by atoms with Crippen LogP contribution >= 0.6 is 11.6 Å². The Hall–Kier alpha value is -0.940. The Morgan fingerprint density at radius 3 is 2.55 bits per heavy atom. The third-order valence-electron chi connectivity index (χ3n) is 7.82. The van der Waals surface area contributed by atoms with Crippen molar-refractivity contribution in [3.05, 3.63) is 0 Å². The minimum Gasteiger partial charge on any atom is -0.341 e. The molecular formula is C25H42ClN3O2. The maximum atomic E-state index is 13.5. The molecule has 3 atom stereocenters. The summed E-state index contributed by atoms with van der Waals surface area (Å²) in [6, 6.07) is -0.411. The van der Waals surface area contributed by atoms with Crippen LogP contribution in [0.2, 0.25) is 0 Å². The van der Waals surface area contributed by atoms with E-state index in [4.69, 9.17) is 11.6 Å². The third kappa shape index (κ3) is 6.31. The molecule has 0 radical (unpaired) electrons. The fourth-order valence-electron chi connectivity index (χ4n) is 6.06. The predicted octanol–water partition coefficient (Wildman–Crippen LogP) is 4.47. The van der Waals surface area contributed by atoms with Crippen LogP contribution in [0.15, 0.2) is 4.99 Å². The number of likely N-dealkylation sites (tertiary alicyclic amines) is 1. The molecule has 2 fully saturated rings. The first kappa shape index (κ1) is 24.7. The van der Waals surface area contributed by atoms with Crippen LogP contribution in [-0.4, -0.2) is 59.9 Å². The van der Waals surface area contributed by atoms with Crippen LogP contribution in [0.3, 0.4) is 0 Å². The molecule has 0 aromatic carbocycles. The number of nitrogens with one attached hydrogen (secondary N) is 1. The van der Waals surface area contributed by atoms with Crippen molar-refractivity contribution in [3.63, 3.8) is 0 Å². The van der Waals surface area contributed by atoms with Crippen molar-refractivity contribution in [3.8, 4) is 0 Å². The summed E-state index contributed by atoms with van der Waals surface area (Å²) in [6.45, 7) is 11.2. The molecule has 5 nitrogen and oxygen atoms in total. The summed E-state index contributed by atoms with van der Waals surface area (Å²) in [5.41, 5.74) is 1.15. The highest BCUT2D eigenvalue weighted by atomic mass is 35.5. The SMILES string of the molecule is CC(C)[C@@H](NCC1=NC(C=O)CCC1)C(=O)N1CCC(C2CCC(Cl)CC2)C(C)(C)C1. The van der Waals surface area contributed by atoms with Gasteiger partial charge in [0.2, 0.25) is 5.91 Å². The molecule has 0 spiro atoms. The zero-order chi connectivity index (χ0) is 22.6. The van der Waals surface area contributed by atoms with Crippen molar-refractivity contribution in [2.45, 2.75) is 96.5 Å². The van der Waals surface area contributed by atoms with E-state index in [-0.39, 0.29) is 29.3 Å². The molecule has 2 unspecified atom stereocenters. The average molecular weight is 452 g/mol. The van der Waals surface area contributed by atoms with Crippen molar-refractivity contribution in [2.75, 3.05) is 19.6 Å². The zero-order valence-corrected chi connectivity index (χ0v) is 20.7. The summed E-state index contributed by atoms with van der Waals surface area (Å²) >= 11 is 6.34. The fraction of sp³-hybridized carbons (Fsp3) is 0.880. The monoisotopic (exact) mass is 451 g/mol. The van der Waals surface area contributed by atoms with Gasteiger partial charge >= 0.3 is 0 Å². The van der Waals surface area contributed by atoms with Crippen LogP contribution in [-0.2, 0) is 9.59 Å². The van der Waals surface area contributed by atoms with Gasteiger partial charge in [0.1, 0.15) is 12.3 Å². The van der Waals surface area contributed by atoms with Crippen molar-refractivity contribution < 1.29 is 9.59 Å². The lowest BCUT2D eigenvalue weighted by Crippen LogP contribution is -2.56. The number of piperidine rings is 1. The van der Waals surface area contributed by atoms with E-state index >= 15 is 0 Å². The minimum atomic E-state index is -0.210. The first-order valence-electron chi connectivity index (χ1n) is 12.4. The Kier molecular flexibility index (Phi) is 8.59. The molecule has 0 aromatic rings. The van der Waals surface area contributed by atoms with Gasteiger partial charge < -0.3 is 15.0 Å². The second-order valence-electron chi connectivity index (χ2n) is 11.0. The summed E-state index contributed by atoms with van der Waals surface area (Å²) in [7, 11) is 0. The number of amides is 1. The topological polar surface area (TPSA) is 61.8 Å². The first-order chi connectivity index (χ1) is 14.7. The highest BCUT2D eigenvalue weighted by molar-refractivity contribution is 6.20. The van der Waals surface area contributed by atoms with Crippen LogP contribution in [0, 0.1) is 23.2 Å². The van der Waals surface area contributed by atoms with Gasteiger partial charge in [-0.1, -0.05) is 27.7 Å². The normalized spacial score (nSPS) is 32.5. The number of hydrogen-bond acceptors (Lipinski definition) is 4. The van der Waals surface area contributed by atoms with Crippen LogP contribution in [0.5, 0.6) is 0 Å². The smallest absolute Gasteiger partial charge is 0.239 e. The number of halogens is 1. The maximum Gasteiger partial charge on any atom is 0.239 e.